The summed E-state index contributed by atoms with van der Waals surface area (Å²) in [6, 6.07) is 2.15. The Kier molecular flexibility index (Phi) is 5.89. The first-order valence-electron chi connectivity index (χ1n) is 8.06. The molecule has 1 saturated heterocycles. The predicted octanol–water partition coefficient (Wildman–Crippen LogP) is 0.314. The highest BCUT2D eigenvalue weighted by molar-refractivity contribution is 7.07. The van der Waals surface area contributed by atoms with Crippen molar-refractivity contribution in [1.29, 1.82) is 0 Å². The zero-order valence-corrected chi connectivity index (χ0v) is 14.5. The average Bonchev–Trinajstić information content (AvgIpc) is 3.21. The van der Waals surface area contributed by atoms with Crippen LogP contribution in [0.3, 0.4) is 0 Å². The van der Waals surface area contributed by atoms with E-state index in [1.165, 1.54) is 5.56 Å². The molecule has 1 unspecified atom stereocenters. The number of ether oxygens (including phenoxy) is 1. The van der Waals surface area contributed by atoms with E-state index in [1.807, 2.05) is 12.3 Å². The molecule has 0 aliphatic carbocycles. The zero-order valence-electron chi connectivity index (χ0n) is 13.7. The van der Waals surface area contributed by atoms with Crippen molar-refractivity contribution in [3.63, 3.8) is 0 Å². The molecular weight excluding hydrogens is 328 g/mol. The minimum absolute atomic E-state index is 0.0753. The molecule has 8 nitrogen and oxygen atoms in total. The van der Waals surface area contributed by atoms with E-state index in [9.17, 15) is 4.79 Å². The number of hydrogen-bond acceptors (Lipinski definition) is 7. The molecule has 1 fully saturated rings. The van der Waals surface area contributed by atoms with Crippen molar-refractivity contribution in [2.75, 3.05) is 26.3 Å². The van der Waals surface area contributed by atoms with Gasteiger partial charge < -0.3 is 10.1 Å². The third kappa shape index (κ3) is 4.83. The van der Waals surface area contributed by atoms with Crippen LogP contribution in [-0.2, 0) is 29.0 Å². The molecule has 0 aromatic carbocycles. The van der Waals surface area contributed by atoms with E-state index in [1.54, 1.807) is 16.0 Å². The fourth-order valence-corrected chi connectivity index (χ4v) is 3.37. The summed E-state index contributed by atoms with van der Waals surface area (Å²) in [5.41, 5.74) is 1.24. The summed E-state index contributed by atoms with van der Waals surface area (Å²) in [7, 11) is 0. The van der Waals surface area contributed by atoms with Gasteiger partial charge in [-0.2, -0.15) is 11.3 Å². The third-order valence-corrected chi connectivity index (χ3v) is 4.63. The quantitative estimate of drug-likeness (QED) is 0.774. The Morgan fingerprint density at radius 2 is 2.29 bits per heavy atom. The summed E-state index contributed by atoms with van der Waals surface area (Å²) in [4.78, 5) is 14.5. The fourth-order valence-electron chi connectivity index (χ4n) is 2.69. The number of thiophene rings is 1. The number of carbonyl (C=O) groups is 1. The van der Waals surface area contributed by atoms with Crippen LogP contribution < -0.4 is 5.32 Å². The minimum atomic E-state index is -0.0757. The van der Waals surface area contributed by atoms with Crippen molar-refractivity contribution >= 4 is 17.2 Å². The second-order valence-electron chi connectivity index (χ2n) is 5.95. The van der Waals surface area contributed by atoms with Gasteiger partial charge in [0.2, 0.25) is 5.91 Å². The van der Waals surface area contributed by atoms with Crippen LogP contribution >= 0.6 is 11.3 Å². The first-order chi connectivity index (χ1) is 11.7. The molecule has 0 bridgehead atoms. The molecule has 130 valence electrons. The number of aromatic nitrogens is 4. The highest BCUT2D eigenvalue weighted by Crippen LogP contribution is 2.08. The Bertz CT molecular complexity index is 638. The third-order valence-electron chi connectivity index (χ3n) is 3.90. The number of amides is 1. The molecule has 1 aliphatic heterocycles. The van der Waals surface area contributed by atoms with Crippen molar-refractivity contribution in [3.8, 4) is 0 Å². The summed E-state index contributed by atoms with van der Waals surface area (Å²) in [6.45, 7) is 5.94. The molecule has 2 aromatic heterocycles. The largest absolute Gasteiger partial charge is 0.379 e. The Labute approximate surface area is 144 Å². The summed E-state index contributed by atoms with van der Waals surface area (Å²) >= 11 is 1.67. The normalized spacial score (nSPS) is 16.9. The highest BCUT2D eigenvalue weighted by atomic mass is 32.1. The maximum Gasteiger partial charge on any atom is 0.242 e. The minimum Gasteiger partial charge on any atom is -0.379 e. The van der Waals surface area contributed by atoms with Gasteiger partial charge in [-0.15, -0.1) is 5.10 Å². The number of nitrogens with one attached hydrogen (secondary N) is 1. The van der Waals surface area contributed by atoms with Gasteiger partial charge in [0.15, 0.2) is 5.82 Å². The van der Waals surface area contributed by atoms with Crippen molar-refractivity contribution in [2.24, 2.45) is 0 Å². The Hall–Kier alpha value is -1.84. The highest BCUT2D eigenvalue weighted by Gasteiger charge is 2.17. The number of rotatable bonds is 7. The van der Waals surface area contributed by atoms with Gasteiger partial charge in [-0.05, 0) is 46.2 Å². The van der Waals surface area contributed by atoms with E-state index in [0.717, 1.165) is 32.7 Å². The van der Waals surface area contributed by atoms with Gasteiger partial charge in [0.05, 0.1) is 19.8 Å². The molecule has 3 rings (SSSR count). The SMILES string of the molecule is CC(Cc1ccsc1)NC(=O)Cn1nnnc1CN1CCOCC1. The lowest BCUT2D eigenvalue weighted by Crippen LogP contribution is -2.38. The summed E-state index contributed by atoms with van der Waals surface area (Å²) < 4.78 is 6.91. The summed E-state index contributed by atoms with van der Waals surface area (Å²) in [5, 5.41) is 18.8. The van der Waals surface area contributed by atoms with Gasteiger partial charge in [-0.25, -0.2) is 4.68 Å². The first kappa shape index (κ1) is 17.0. The maximum absolute atomic E-state index is 12.2. The average molecular weight is 350 g/mol. The molecule has 24 heavy (non-hydrogen) atoms. The lowest BCUT2D eigenvalue weighted by molar-refractivity contribution is -0.122. The number of carbonyl (C=O) groups excluding carboxylic acids is 1. The van der Waals surface area contributed by atoms with Gasteiger partial charge in [-0.3, -0.25) is 9.69 Å². The standard InChI is InChI=1S/C15H22N6O2S/c1-12(8-13-2-7-24-11-13)16-15(22)10-21-14(17-18-19-21)9-20-3-5-23-6-4-20/h2,7,11-12H,3-6,8-10H2,1H3,(H,16,22). The van der Waals surface area contributed by atoms with Gasteiger partial charge in [-0.1, -0.05) is 0 Å². The monoisotopic (exact) mass is 350 g/mol. The molecule has 0 spiro atoms. The topological polar surface area (TPSA) is 85.2 Å². The number of hydrogen-bond donors (Lipinski definition) is 1. The number of tetrazole rings is 1. The van der Waals surface area contributed by atoms with Crippen LogP contribution in [0.25, 0.3) is 0 Å². The molecular formula is C15H22N6O2S. The van der Waals surface area contributed by atoms with E-state index in [0.29, 0.717) is 12.4 Å². The lowest BCUT2D eigenvalue weighted by Gasteiger charge is -2.25. The number of nitrogens with zero attached hydrogens (tertiary/aromatic N) is 5. The second-order valence-corrected chi connectivity index (χ2v) is 6.73. The van der Waals surface area contributed by atoms with Crippen LogP contribution in [0.2, 0.25) is 0 Å². The van der Waals surface area contributed by atoms with Crippen molar-refractivity contribution in [3.05, 3.63) is 28.2 Å². The van der Waals surface area contributed by atoms with Gasteiger partial charge in [0, 0.05) is 19.1 Å². The molecule has 9 heteroatoms. The summed E-state index contributed by atoms with van der Waals surface area (Å²) in [6.07, 6.45) is 0.825. The smallest absolute Gasteiger partial charge is 0.242 e. The lowest BCUT2D eigenvalue weighted by atomic mass is 10.1. The van der Waals surface area contributed by atoms with Crippen molar-refractivity contribution in [1.82, 2.24) is 30.4 Å². The van der Waals surface area contributed by atoms with E-state index in [4.69, 9.17) is 4.74 Å². The van der Waals surface area contributed by atoms with Crippen LogP contribution in [0.1, 0.15) is 18.3 Å². The van der Waals surface area contributed by atoms with E-state index >= 15 is 0 Å². The van der Waals surface area contributed by atoms with Crippen molar-refractivity contribution < 1.29 is 9.53 Å². The van der Waals surface area contributed by atoms with Crippen LogP contribution in [0.4, 0.5) is 0 Å². The van der Waals surface area contributed by atoms with Gasteiger partial charge in [0.25, 0.3) is 0 Å². The second kappa shape index (κ2) is 8.32. The molecule has 1 aliphatic rings. The van der Waals surface area contributed by atoms with Crippen LogP contribution in [0, 0.1) is 0 Å². The molecule has 0 radical (unpaired) electrons. The molecule has 1 atom stereocenters. The van der Waals surface area contributed by atoms with Crippen LogP contribution in [-0.4, -0.2) is 63.4 Å². The van der Waals surface area contributed by atoms with E-state index in [-0.39, 0.29) is 18.5 Å². The van der Waals surface area contributed by atoms with E-state index in [2.05, 4.69) is 37.2 Å². The first-order valence-corrected chi connectivity index (χ1v) is 9.00. The molecule has 1 N–H and O–H groups in total. The Morgan fingerprint density at radius 3 is 3.04 bits per heavy atom. The molecule has 2 aromatic rings. The Balaban J connectivity index is 1.50. The van der Waals surface area contributed by atoms with E-state index < -0.39 is 0 Å². The van der Waals surface area contributed by atoms with Crippen molar-refractivity contribution in [2.45, 2.75) is 32.5 Å². The van der Waals surface area contributed by atoms with Crippen LogP contribution in [0.5, 0.6) is 0 Å². The van der Waals surface area contributed by atoms with Gasteiger partial charge in [0.1, 0.15) is 6.54 Å². The number of morpholine rings is 1. The molecule has 0 saturated carbocycles. The predicted molar refractivity (Wildman–Crippen MR) is 89.5 cm³/mol. The summed E-state index contributed by atoms with van der Waals surface area (Å²) in [5.74, 6) is 0.630. The maximum atomic E-state index is 12.2. The fraction of sp³-hybridized carbons (Fsp3) is 0.600. The molecule has 3 heterocycles. The van der Waals surface area contributed by atoms with Gasteiger partial charge >= 0.3 is 0 Å². The Morgan fingerprint density at radius 1 is 1.46 bits per heavy atom. The zero-order chi connectivity index (χ0) is 16.8. The molecule has 1 amide bonds. The van der Waals surface area contributed by atoms with Crippen LogP contribution in [0.15, 0.2) is 16.8 Å².